The topological polar surface area (TPSA) is 29.9 Å². The molecule has 2 aromatic rings. The molecule has 0 aliphatic rings. The van der Waals surface area contributed by atoms with Crippen LogP contribution in [0, 0.1) is 6.92 Å². The summed E-state index contributed by atoms with van der Waals surface area (Å²) in [7, 11) is 0. The zero-order chi connectivity index (χ0) is 11.4. The van der Waals surface area contributed by atoms with Crippen LogP contribution in [-0.4, -0.2) is 16.1 Å². The van der Waals surface area contributed by atoms with Gasteiger partial charge in [0.05, 0.1) is 6.54 Å². The molecule has 0 fully saturated rings. The third-order valence-corrected chi connectivity index (χ3v) is 2.49. The lowest BCUT2D eigenvalue weighted by molar-refractivity contribution is 0.799. The Morgan fingerprint density at radius 1 is 1.38 bits per heavy atom. The Balaban J connectivity index is 2.17. The maximum absolute atomic E-state index is 4.28. The van der Waals surface area contributed by atoms with E-state index >= 15 is 0 Å². The highest BCUT2D eigenvalue weighted by molar-refractivity contribution is 5.29. The number of benzene rings is 1. The van der Waals surface area contributed by atoms with Gasteiger partial charge in [0.2, 0.25) is 5.95 Å². The van der Waals surface area contributed by atoms with Crippen molar-refractivity contribution in [3.63, 3.8) is 0 Å². The summed E-state index contributed by atoms with van der Waals surface area (Å²) in [6, 6.07) is 8.55. The van der Waals surface area contributed by atoms with E-state index in [0.29, 0.717) is 0 Å². The number of rotatable bonds is 4. The fourth-order valence-electron chi connectivity index (χ4n) is 1.77. The van der Waals surface area contributed by atoms with Crippen LogP contribution in [0.25, 0.3) is 0 Å². The van der Waals surface area contributed by atoms with E-state index in [9.17, 15) is 0 Å². The molecule has 0 atom stereocenters. The van der Waals surface area contributed by atoms with Crippen molar-refractivity contribution in [3.8, 4) is 0 Å². The zero-order valence-corrected chi connectivity index (χ0v) is 9.77. The third-order valence-electron chi connectivity index (χ3n) is 2.49. The third kappa shape index (κ3) is 2.42. The molecule has 0 amide bonds. The molecule has 2 rings (SSSR count). The molecule has 0 saturated heterocycles. The first-order chi connectivity index (χ1) is 7.79. The molecular weight excluding hydrogens is 198 g/mol. The number of hydrogen-bond acceptors (Lipinski definition) is 2. The summed E-state index contributed by atoms with van der Waals surface area (Å²) in [4.78, 5) is 4.28. The van der Waals surface area contributed by atoms with E-state index in [1.165, 1.54) is 11.1 Å². The Hall–Kier alpha value is -1.77. The SMILES string of the molecule is CCNc1nccn1Cc1cccc(C)c1. The Kier molecular flexibility index (Phi) is 3.25. The van der Waals surface area contributed by atoms with E-state index < -0.39 is 0 Å². The van der Waals surface area contributed by atoms with E-state index in [1.54, 1.807) is 0 Å². The first-order valence-corrected chi connectivity index (χ1v) is 5.60. The lowest BCUT2D eigenvalue weighted by Crippen LogP contribution is -2.07. The number of imidazole rings is 1. The summed E-state index contributed by atoms with van der Waals surface area (Å²) in [6.07, 6.45) is 3.83. The van der Waals surface area contributed by atoms with Gasteiger partial charge < -0.3 is 9.88 Å². The van der Waals surface area contributed by atoms with Gasteiger partial charge in [0, 0.05) is 18.9 Å². The summed E-state index contributed by atoms with van der Waals surface area (Å²) in [6.45, 7) is 5.95. The van der Waals surface area contributed by atoms with Gasteiger partial charge in [0.1, 0.15) is 0 Å². The van der Waals surface area contributed by atoms with E-state index in [0.717, 1.165) is 19.0 Å². The molecule has 3 nitrogen and oxygen atoms in total. The number of anilines is 1. The Morgan fingerprint density at radius 3 is 3.00 bits per heavy atom. The van der Waals surface area contributed by atoms with E-state index in [-0.39, 0.29) is 0 Å². The molecule has 16 heavy (non-hydrogen) atoms. The van der Waals surface area contributed by atoms with Crippen molar-refractivity contribution in [3.05, 3.63) is 47.8 Å². The molecule has 3 heteroatoms. The predicted octanol–water partition coefficient (Wildman–Crippen LogP) is 2.67. The fourth-order valence-corrected chi connectivity index (χ4v) is 1.77. The van der Waals surface area contributed by atoms with Crippen LogP contribution in [-0.2, 0) is 6.54 Å². The maximum atomic E-state index is 4.28. The highest BCUT2D eigenvalue weighted by Gasteiger charge is 2.01. The highest BCUT2D eigenvalue weighted by atomic mass is 15.2. The van der Waals surface area contributed by atoms with Gasteiger partial charge in [-0.05, 0) is 19.4 Å². The van der Waals surface area contributed by atoms with Crippen molar-refractivity contribution in [2.24, 2.45) is 0 Å². The van der Waals surface area contributed by atoms with Crippen molar-refractivity contribution in [1.29, 1.82) is 0 Å². The molecule has 0 bridgehead atoms. The lowest BCUT2D eigenvalue weighted by Gasteiger charge is -2.08. The minimum Gasteiger partial charge on any atom is -0.356 e. The molecule has 0 unspecified atom stereocenters. The van der Waals surface area contributed by atoms with E-state index in [4.69, 9.17) is 0 Å². The van der Waals surface area contributed by atoms with Crippen LogP contribution in [0.1, 0.15) is 18.1 Å². The van der Waals surface area contributed by atoms with Crippen molar-refractivity contribution in [1.82, 2.24) is 9.55 Å². The second-order valence-corrected chi connectivity index (χ2v) is 3.90. The standard InChI is InChI=1S/C13H17N3/c1-3-14-13-15-7-8-16(13)10-12-6-4-5-11(2)9-12/h4-9H,3,10H2,1-2H3,(H,14,15). The Bertz CT molecular complexity index is 460. The molecule has 0 saturated carbocycles. The van der Waals surface area contributed by atoms with Crippen LogP contribution in [0.15, 0.2) is 36.7 Å². The molecular formula is C13H17N3. The summed E-state index contributed by atoms with van der Waals surface area (Å²) in [5, 5.41) is 3.24. The van der Waals surface area contributed by atoms with Gasteiger partial charge in [-0.2, -0.15) is 0 Å². The van der Waals surface area contributed by atoms with E-state index in [1.807, 2.05) is 12.4 Å². The van der Waals surface area contributed by atoms with Gasteiger partial charge in [0.25, 0.3) is 0 Å². The monoisotopic (exact) mass is 215 g/mol. The molecule has 0 spiro atoms. The predicted molar refractivity (Wildman–Crippen MR) is 66.7 cm³/mol. The number of nitrogens with zero attached hydrogens (tertiary/aromatic N) is 2. The summed E-state index contributed by atoms with van der Waals surface area (Å²) >= 11 is 0. The molecule has 0 radical (unpaired) electrons. The normalized spacial score (nSPS) is 10.4. The van der Waals surface area contributed by atoms with Crippen molar-refractivity contribution in [2.45, 2.75) is 20.4 Å². The van der Waals surface area contributed by atoms with Crippen LogP contribution in [0.2, 0.25) is 0 Å². The Morgan fingerprint density at radius 2 is 2.25 bits per heavy atom. The second-order valence-electron chi connectivity index (χ2n) is 3.90. The fraction of sp³-hybridized carbons (Fsp3) is 0.308. The second kappa shape index (κ2) is 4.84. The minimum atomic E-state index is 0.865. The van der Waals surface area contributed by atoms with Gasteiger partial charge in [0.15, 0.2) is 0 Å². The van der Waals surface area contributed by atoms with Gasteiger partial charge in [-0.3, -0.25) is 0 Å². The van der Waals surface area contributed by atoms with Crippen molar-refractivity contribution < 1.29 is 0 Å². The summed E-state index contributed by atoms with van der Waals surface area (Å²) in [5.74, 6) is 0.934. The van der Waals surface area contributed by atoms with Crippen LogP contribution in [0.5, 0.6) is 0 Å². The lowest BCUT2D eigenvalue weighted by atomic mass is 10.1. The summed E-state index contributed by atoms with van der Waals surface area (Å²) in [5.41, 5.74) is 2.60. The molecule has 1 aromatic carbocycles. The average Bonchev–Trinajstić information content (AvgIpc) is 2.66. The van der Waals surface area contributed by atoms with Crippen molar-refractivity contribution >= 4 is 5.95 Å². The maximum Gasteiger partial charge on any atom is 0.203 e. The first kappa shape index (κ1) is 10.7. The smallest absolute Gasteiger partial charge is 0.203 e. The van der Waals surface area contributed by atoms with Gasteiger partial charge >= 0.3 is 0 Å². The number of nitrogens with one attached hydrogen (secondary N) is 1. The number of aromatic nitrogens is 2. The average molecular weight is 215 g/mol. The minimum absolute atomic E-state index is 0.865. The molecule has 1 N–H and O–H groups in total. The van der Waals surface area contributed by atoms with Gasteiger partial charge in [-0.15, -0.1) is 0 Å². The molecule has 84 valence electrons. The van der Waals surface area contributed by atoms with Crippen LogP contribution in [0.4, 0.5) is 5.95 Å². The largest absolute Gasteiger partial charge is 0.356 e. The number of aryl methyl sites for hydroxylation is 1. The highest BCUT2D eigenvalue weighted by Crippen LogP contribution is 2.10. The van der Waals surface area contributed by atoms with Gasteiger partial charge in [-0.1, -0.05) is 29.8 Å². The molecule has 0 aliphatic carbocycles. The molecule has 1 heterocycles. The van der Waals surface area contributed by atoms with Crippen molar-refractivity contribution in [2.75, 3.05) is 11.9 Å². The quantitative estimate of drug-likeness (QED) is 0.849. The van der Waals surface area contributed by atoms with Crippen LogP contribution in [0.3, 0.4) is 0 Å². The van der Waals surface area contributed by atoms with E-state index in [2.05, 4.69) is 53.0 Å². The van der Waals surface area contributed by atoms with Gasteiger partial charge in [-0.25, -0.2) is 4.98 Å². The first-order valence-electron chi connectivity index (χ1n) is 5.60. The summed E-state index contributed by atoms with van der Waals surface area (Å²) < 4.78 is 2.12. The molecule has 1 aromatic heterocycles. The molecule has 0 aliphatic heterocycles. The van der Waals surface area contributed by atoms with Crippen LogP contribution >= 0.6 is 0 Å². The number of hydrogen-bond donors (Lipinski definition) is 1. The Labute approximate surface area is 96.1 Å². The zero-order valence-electron chi connectivity index (χ0n) is 9.77. The van der Waals surface area contributed by atoms with Crippen LogP contribution < -0.4 is 5.32 Å².